The fourth-order valence-electron chi connectivity index (χ4n) is 3.40. The average molecular weight is 412 g/mol. The van der Waals surface area contributed by atoms with Crippen LogP contribution in [0, 0.1) is 5.82 Å². The lowest BCUT2D eigenvalue weighted by Gasteiger charge is -2.23. The summed E-state index contributed by atoms with van der Waals surface area (Å²) in [6.45, 7) is 6.06. The van der Waals surface area contributed by atoms with Crippen LogP contribution in [0.15, 0.2) is 58.3 Å². The molecule has 0 unspecified atom stereocenters. The molecule has 4 rings (SSSR count). The Kier molecular flexibility index (Phi) is 5.32. The number of rotatable bonds is 5. The van der Waals surface area contributed by atoms with E-state index in [-0.39, 0.29) is 29.3 Å². The molecule has 0 amide bonds. The predicted molar refractivity (Wildman–Crippen MR) is 115 cm³/mol. The van der Waals surface area contributed by atoms with Crippen molar-refractivity contribution in [1.82, 2.24) is 9.78 Å². The zero-order valence-corrected chi connectivity index (χ0v) is 17.3. The molecule has 5 nitrogen and oxygen atoms in total. The van der Waals surface area contributed by atoms with Crippen LogP contribution in [0.1, 0.15) is 48.8 Å². The quantitative estimate of drug-likeness (QED) is 0.615. The Balaban J connectivity index is 1.73. The zero-order chi connectivity index (χ0) is 20.5. The van der Waals surface area contributed by atoms with Crippen LogP contribution in [0.4, 0.5) is 10.2 Å². The second kappa shape index (κ2) is 7.91. The number of nitrogens with one attached hydrogen (secondary N) is 1. The third-order valence-corrected chi connectivity index (χ3v) is 5.97. The maximum atomic E-state index is 14.0. The van der Waals surface area contributed by atoms with Gasteiger partial charge >= 0.3 is 0 Å². The Morgan fingerprint density at radius 1 is 1.21 bits per heavy atom. The molecule has 1 aliphatic heterocycles. The lowest BCUT2D eigenvalue weighted by Crippen LogP contribution is -2.14. The van der Waals surface area contributed by atoms with Crippen LogP contribution >= 0.6 is 11.8 Å². The molecule has 0 saturated carbocycles. The van der Waals surface area contributed by atoms with Crippen LogP contribution in [-0.2, 0) is 6.61 Å². The summed E-state index contributed by atoms with van der Waals surface area (Å²) in [5, 5.41) is 3.54. The Morgan fingerprint density at radius 2 is 1.93 bits per heavy atom. The number of aromatic amines is 1. The van der Waals surface area contributed by atoms with E-state index in [0.717, 1.165) is 10.6 Å². The third kappa shape index (κ3) is 3.74. The number of aromatic nitrogens is 2. The van der Waals surface area contributed by atoms with Gasteiger partial charge in [-0.05, 0) is 32.9 Å². The summed E-state index contributed by atoms with van der Waals surface area (Å²) in [4.78, 5) is 17.4. The molecule has 1 aliphatic rings. The van der Waals surface area contributed by atoms with E-state index in [1.165, 1.54) is 17.8 Å². The highest BCUT2D eigenvalue weighted by atomic mass is 32.2. The number of hydrogen-bond acceptors (Lipinski definition) is 4. The van der Waals surface area contributed by atoms with Gasteiger partial charge in [-0.25, -0.2) is 9.38 Å². The van der Waals surface area contributed by atoms with E-state index in [4.69, 9.17) is 4.74 Å². The fourth-order valence-corrected chi connectivity index (χ4v) is 4.53. The van der Waals surface area contributed by atoms with E-state index < -0.39 is 0 Å². The van der Waals surface area contributed by atoms with E-state index in [9.17, 15) is 9.18 Å². The second-order valence-corrected chi connectivity index (χ2v) is 8.49. The van der Waals surface area contributed by atoms with Crippen molar-refractivity contribution < 1.29 is 9.13 Å². The number of H-pyrrole nitrogens is 1. The maximum Gasteiger partial charge on any atom is 0.271 e. The predicted octanol–water partition coefficient (Wildman–Crippen LogP) is 5.36. The van der Waals surface area contributed by atoms with Crippen molar-refractivity contribution in [2.75, 3.05) is 0 Å². The minimum atomic E-state index is -0.298. The largest absolute Gasteiger partial charge is 0.488 e. The van der Waals surface area contributed by atoms with Gasteiger partial charge in [-0.3, -0.25) is 14.6 Å². The van der Waals surface area contributed by atoms with E-state index in [2.05, 4.69) is 10.1 Å². The minimum absolute atomic E-state index is 0.0827. The van der Waals surface area contributed by atoms with E-state index in [1.807, 2.05) is 45.0 Å². The fraction of sp³-hybridized carbons (Fsp3) is 0.273. The lowest BCUT2D eigenvalue weighted by molar-refractivity contribution is 0.297. The van der Waals surface area contributed by atoms with Gasteiger partial charge in [0.05, 0.1) is 15.9 Å². The number of ether oxygens (including phenoxy) is 1. The Morgan fingerprint density at radius 3 is 2.69 bits per heavy atom. The number of para-hydroxylation sites is 1. The van der Waals surface area contributed by atoms with E-state index >= 15 is 0 Å². The van der Waals surface area contributed by atoms with Crippen molar-refractivity contribution >= 4 is 22.6 Å². The first-order valence-electron chi connectivity index (χ1n) is 9.47. The molecule has 29 heavy (non-hydrogen) atoms. The van der Waals surface area contributed by atoms with Crippen molar-refractivity contribution in [3.63, 3.8) is 0 Å². The molecule has 1 aromatic heterocycles. The van der Waals surface area contributed by atoms with Gasteiger partial charge < -0.3 is 4.74 Å². The first-order valence-corrected chi connectivity index (χ1v) is 10.3. The van der Waals surface area contributed by atoms with Gasteiger partial charge in [-0.15, -0.1) is 0 Å². The number of aliphatic imine (C=N–C) groups is 1. The highest BCUT2D eigenvalue weighted by Gasteiger charge is 2.32. The monoisotopic (exact) mass is 411 g/mol. The summed E-state index contributed by atoms with van der Waals surface area (Å²) in [6, 6.07) is 14.2. The highest BCUT2D eigenvalue weighted by Crippen LogP contribution is 2.46. The van der Waals surface area contributed by atoms with Gasteiger partial charge in [0.2, 0.25) is 0 Å². The van der Waals surface area contributed by atoms with Crippen molar-refractivity contribution in [3.05, 3.63) is 81.4 Å². The molecule has 0 saturated heterocycles. The van der Waals surface area contributed by atoms with Crippen molar-refractivity contribution in [2.45, 2.75) is 38.7 Å². The summed E-state index contributed by atoms with van der Waals surface area (Å²) >= 11 is 1.52. The number of hydrogen-bond donors (Lipinski definition) is 1. The molecule has 3 aromatic rings. The second-order valence-electron chi connectivity index (χ2n) is 7.19. The molecule has 2 aromatic carbocycles. The van der Waals surface area contributed by atoms with Gasteiger partial charge in [-0.2, -0.15) is 0 Å². The van der Waals surface area contributed by atoms with Crippen molar-refractivity contribution in [1.29, 1.82) is 0 Å². The maximum absolute atomic E-state index is 14.0. The standard InChI is InChI=1S/C22H22FN3O2S/c1-13(2)26-21-19(22(27)25-26)20(29-14(3)24-21)16-9-5-7-11-18(16)28-12-15-8-4-6-10-17(15)23/h4-11,13,20H,12H2,1-3H3,(H,25,27)/t20-/m0/s1. The summed E-state index contributed by atoms with van der Waals surface area (Å²) < 4.78 is 21.8. The number of nitrogens with zero attached hydrogens (tertiary/aromatic N) is 2. The molecule has 0 bridgehead atoms. The number of benzene rings is 2. The van der Waals surface area contributed by atoms with Gasteiger partial charge in [0.25, 0.3) is 5.56 Å². The normalized spacial score (nSPS) is 15.9. The summed E-state index contributed by atoms with van der Waals surface area (Å²) in [7, 11) is 0. The van der Waals surface area contributed by atoms with E-state index in [1.54, 1.807) is 22.9 Å². The van der Waals surface area contributed by atoms with Gasteiger partial charge in [0.1, 0.15) is 18.2 Å². The first-order chi connectivity index (χ1) is 14.0. The van der Waals surface area contributed by atoms with Crippen LogP contribution in [0.3, 0.4) is 0 Å². The van der Waals surface area contributed by atoms with Crippen LogP contribution in [-0.4, -0.2) is 14.8 Å². The Hall–Kier alpha value is -2.80. The Bertz CT molecular complexity index is 1130. The SMILES string of the molecule is CC1=Nc2c(c(=O)[nH]n2C(C)C)[C@H](c2ccccc2OCc2ccccc2F)S1. The highest BCUT2D eigenvalue weighted by molar-refractivity contribution is 8.14. The molecule has 0 radical (unpaired) electrons. The van der Waals surface area contributed by atoms with Gasteiger partial charge in [0.15, 0.2) is 5.82 Å². The van der Waals surface area contributed by atoms with Crippen LogP contribution < -0.4 is 10.3 Å². The molecule has 0 spiro atoms. The smallest absolute Gasteiger partial charge is 0.271 e. The van der Waals surface area contributed by atoms with Crippen LogP contribution in [0.5, 0.6) is 5.75 Å². The summed E-state index contributed by atoms with van der Waals surface area (Å²) in [6.07, 6.45) is 0. The summed E-state index contributed by atoms with van der Waals surface area (Å²) in [5.41, 5.74) is 1.83. The minimum Gasteiger partial charge on any atom is -0.488 e. The van der Waals surface area contributed by atoms with Crippen molar-refractivity contribution in [3.8, 4) is 5.75 Å². The Labute approximate surface area is 172 Å². The molecule has 150 valence electrons. The molecular weight excluding hydrogens is 389 g/mol. The molecule has 0 aliphatic carbocycles. The van der Waals surface area contributed by atoms with Gasteiger partial charge in [0, 0.05) is 17.2 Å². The van der Waals surface area contributed by atoms with Gasteiger partial charge in [-0.1, -0.05) is 48.2 Å². The van der Waals surface area contributed by atoms with Crippen molar-refractivity contribution in [2.24, 2.45) is 4.99 Å². The molecule has 0 fully saturated rings. The molecule has 1 atom stereocenters. The third-order valence-electron chi connectivity index (χ3n) is 4.81. The topological polar surface area (TPSA) is 59.4 Å². The molecule has 7 heteroatoms. The number of fused-ring (bicyclic) bond motifs is 1. The molecule has 2 heterocycles. The number of halogens is 1. The van der Waals surface area contributed by atoms with E-state index in [0.29, 0.717) is 22.7 Å². The zero-order valence-electron chi connectivity index (χ0n) is 16.5. The van der Waals surface area contributed by atoms with Crippen LogP contribution in [0.2, 0.25) is 0 Å². The summed E-state index contributed by atoms with van der Waals surface area (Å²) in [5.74, 6) is 0.994. The molecular formula is C22H22FN3O2S. The molecule has 1 N–H and O–H groups in total. The number of thioether (sulfide) groups is 1. The first kappa shape index (κ1) is 19.5. The lowest BCUT2D eigenvalue weighted by atomic mass is 10.0. The van der Waals surface area contributed by atoms with Crippen LogP contribution in [0.25, 0.3) is 0 Å². The average Bonchev–Trinajstić information content (AvgIpc) is 3.04.